The van der Waals surface area contributed by atoms with E-state index in [0.717, 1.165) is 30.9 Å². The molecule has 6 heteroatoms. The number of sulfonamides is 1. The molecule has 2 aromatic carbocycles. The zero-order valence-corrected chi connectivity index (χ0v) is 16.8. The SMILES string of the molecule is Cc1cnc(CC2CCN(S(=O)(=O)c3ccccc3)C2)n1Cc1ccccc1. The molecule has 1 aliphatic heterocycles. The molecule has 0 amide bonds. The fourth-order valence-electron chi connectivity index (χ4n) is 3.84. The van der Waals surface area contributed by atoms with Gasteiger partial charge in [-0.15, -0.1) is 0 Å². The van der Waals surface area contributed by atoms with Gasteiger partial charge in [-0.05, 0) is 37.0 Å². The quantitative estimate of drug-likeness (QED) is 0.642. The van der Waals surface area contributed by atoms with Crippen LogP contribution in [0.1, 0.15) is 23.5 Å². The summed E-state index contributed by atoms with van der Waals surface area (Å²) >= 11 is 0. The highest BCUT2D eigenvalue weighted by Crippen LogP contribution is 2.26. The third kappa shape index (κ3) is 3.88. The van der Waals surface area contributed by atoms with Crippen LogP contribution in [0.25, 0.3) is 0 Å². The predicted molar refractivity (Wildman–Crippen MR) is 110 cm³/mol. The maximum atomic E-state index is 12.8. The second kappa shape index (κ2) is 7.89. The van der Waals surface area contributed by atoms with E-state index in [-0.39, 0.29) is 5.92 Å². The van der Waals surface area contributed by atoms with Gasteiger partial charge in [0.25, 0.3) is 0 Å². The van der Waals surface area contributed by atoms with Gasteiger partial charge in [0.15, 0.2) is 0 Å². The van der Waals surface area contributed by atoms with Crippen molar-refractivity contribution >= 4 is 10.0 Å². The van der Waals surface area contributed by atoms with Gasteiger partial charge in [0.1, 0.15) is 5.82 Å². The molecule has 1 atom stereocenters. The minimum absolute atomic E-state index is 0.287. The molecule has 1 saturated heterocycles. The fourth-order valence-corrected chi connectivity index (χ4v) is 5.39. The van der Waals surface area contributed by atoms with Crippen LogP contribution in [0.15, 0.2) is 71.8 Å². The molecule has 0 aliphatic carbocycles. The summed E-state index contributed by atoms with van der Waals surface area (Å²) in [4.78, 5) is 4.99. The number of hydrogen-bond acceptors (Lipinski definition) is 3. The third-order valence-electron chi connectivity index (χ3n) is 5.42. The highest BCUT2D eigenvalue weighted by atomic mass is 32.2. The summed E-state index contributed by atoms with van der Waals surface area (Å²) in [6.07, 6.45) is 3.57. The van der Waals surface area contributed by atoms with E-state index in [9.17, 15) is 8.42 Å². The monoisotopic (exact) mass is 395 g/mol. The highest BCUT2D eigenvalue weighted by Gasteiger charge is 2.33. The van der Waals surface area contributed by atoms with E-state index in [1.165, 1.54) is 5.56 Å². The van der Waals surface area contributed by atoms with Crippen molar-refractivity contribution < 1.29 is 8.42 Å². The lowest BCUT2D eigenvalue weighted by Crippen LogP contribution is -2.29. The Balaban J connectivity index is 1.47. The minimum atomic E-state index is -3.41. The molecule has 3 aromatic rings. The first-order valence-corrected chi connectivity index (χ1v) is 11.1. The first-order valence-electron chi connectivity index (χ1n) is 9.64. The summed E-state index contributed by atoms with van der Waals surface area (Å²) in [7, 11) is -3.41. The molecule has 1 aromatic heterocycles. The van der Waals surface area contributed by atoms with E-state index in [0.29, 0.717) is 18.0 Å². The van der Waals surface area contributed by atoms with Crippen LogP contribution in [0, 0.1) is 12.8 Å². The zero-order chi connectivity index (χ0) is 19.6. The molecule has 1 aliphatic rings. The van der Waals surface area contributed by atoms with Crippen molar-refractivity contribution in [1.29, 1.82) is 0 Å². The Bertz CT molecular complexity index is 1030. The van der Waals surface area contributed by atoms with E-state index in [1.807, 2.05) is 30.5 Å². The fraction of sp³-hybridized carbons (Fsp3) is 0.318. The third-order valence-corrected chi connectivity index (χ3v) is 7.30. The van der Waals surface area contributed by atoms with Gasteiger partial charge in [-0.3, -0.25) is 0 Å². The zero-order valence-electron chi connectivity index (χ0n) is 16.0. The van der Waals surface area contributed by atoms with Crippen LogP contribution in [-0.2, 0) is 23.0 Å². The van der Waals surface area contributed by atoms with Gasteiger partial charge in [-0.1, -0.05) is 48.5 Å². The Morgan fingerprint density at radius 1 is 1.04 bits per heavy atom. The van der Waals surface area contributed by atoms with Crippen molar-refractivity contribution in [3.05, 3.63) is 83.9 Å². The maximum absolute atomic E-state index is 12.8. The summed E-state index contributed by atoms with van der Waals surface area (Å²) in [6.45, 7) is 3.98. The number of imidazole rings is 1. The first-order chi connectivity index (χ1) is 13.5. The van der Waals surface area contributed by atoms with E-state index < -0.39 is 10.0 Å². The number of nitrogens with zero attached hydrogens (tertiary/aromatic N) is 3. The Labute approximate surface area is 166 Å². The van der Waals surface area contributed by atoms with Crippen LogP contribution in [0.5, 0.6) is 0 Å². The first kappa shape index (κ1) is 18.9. The van der Waals surface area contributed by atoms with Crippen molar-refractivity contribution in [2.24, 2.45) is 5.92 Å². The topological polar surface area (TPSA) is 55.2 Å². The lowest BCUT2D eigenvalue weighted by Gasteiger charge is -2.17. The molecule has 2 heterocycles. The number of aryl methyl sites for hydroxylation is 1. The average molecular weight is 396 g/mol. The largest absolute Gasteiger partial charge is 0.328 e. The normalized spacial score (nSPS) is 17.8. The predicted octanol–water partition coefficient (Wildman–Crippen LogP) is 3.49. The van der Waals surface area contributed by atoms with Gasteiger partial charge in [-0.25, -0.2) is 13.4 Å². The molecule has 0 spiro atoms. The van der Waals surface area contributed by atoms with Crippen molar-refractivity contribution in [3.63, 3.8) is 0 Å². The molecular weight excluding hydrogens is 370 g/mol. The number of hydrogen-bond donors (Lipinski definition) is 0. The second-order valence-electron chi connectivity index (χ2n) is 7.42. The van der Waals surface area contributed by atoms with Crippen molar-refractivity contribution in [1.82, 2.24) is 13.9 Å². The number of benzene rings is 2. The molecule has 28 heavy (non-hydrogen) atoms. The Kier molecular flexibility index (Phi) is 5.33. The molecule has 0 N–H and O–H groups in total. The second-order valence-corrected chi connectivity index (χ2v) is 9.36. The van der Waals surface area contributed by atoms with Gasteiger partial charge in [0.05, 0.1) is 4.90 Å². The molecule has 1 fully saturated rings. The molecule has 5 nitrogen and oxygen atoms in total. The smallest absolute Gasteiger partial charge is 0.243 e. The standard InChI is InChI=1S/C22H25N3O2S/c1-18-15-23-22(25(18)17-19-8-4-2-5-9-19)14-20-12-13-24(16-20)28(26,27)21-10-6-3-7-11-21/h2-11,15,20H,12-14,16-17H2,1H3. The van der Waals surface area contributed by atoms with E-state index in [1.54, 1.807) is 28.6 Å². The Hall–Kier alpha value is -2.44. The lowest BCUT2D eigenvalue weighted by molar-refractivity contribution is 0.450. The van der Waals surface area contributed by atoms with Gasteiger partial charge < -0.3 is 4.57 Å². The van der Waals surface area contributed by atoms with Crippen molar-refractivity contribution in [3.8, 4) is 0 Å². The summed E-state index contributed by atoms with van der Waals surface area (Å²) in [6, 6.07) is 19.0. The Morgan fingerprint density at radius 3 is 2.43 bits per heavy atom. The van der Waals surface area contributed by atoms with Crippen molar-refractivity contribution in [2.75, 3.05) is 13.1 Å². The van der Waals surface area contributed by atoms with Crippen LogP contribution >= 0.6 is 0 Å². The summed E-state index contributed by atoms with van der Waals surface area (Å²) in [5.74, 6) is 1.32. The molecule has 0 bridgehead atoms. The van der Waals surface area contributed by atoms with Crippen LogP contribution < -0.4 is 0 Å². The van der Waals surface area contributed by atoms with Gasteiger partial charge in [0, 0.05) is 37.9 Å². The Morgan fingerprint density at radius 2 is 1.71 bits per heavy atom. The van der Waals surface area contributed by atoms with Crippen molar-refractivity contribution in [2.45, 2.75) is 31.2 Å². The van der Waals surface area contributed by atoms with Crippen LogP contribution in [0.4, 0.5) is 0 Å². The number of rotatable bonds is 6. The highest BCUT2D eigenvalue weighted by molar-refractivity contribution is 7.89. The molecule has 0 saturated carbocycles. The van der Waals surface area contributed by atoms with Crippen LogP contribution in [-0.4, -0.2) is 35.4 Å². The van der Waals surface area contributed by atoms with Gasteiger partial charge in [0.2, 0.25) is 10.0 Å². The van der Waals surface area contributed by atoms with Crippen LogP contribution in [0.2, 0.25) is 0 Å². The lowest BCUT2D eigenvalue weighted by atomic mass is 10.0. The summed E-state index contributed by atoms with van der Waals surface area (Å²) < 4.78 is 29.6. The molecule has 146 valence electrons. The van der Waals surface area contributed by atoms with Gasteiger partial charge in [-0.2, -0.15) is 4.31 Å². The molecule has 0 radical (unpaired) electrons. The van der Waals surface area contributed by atoms with E-state index >= 15 is 0 Å². The minimum Gasteiger partial charge on any atom is -0.328 e. The summed E-state index contributed by atoms with van der Waals surface area (Å²) in [5.41, 5.74) is 2.37. The van der Waals surface area contributed by atoms with Crippen LogP contribution in [0.3, 0.4) is 0 Å². The van der Waals surface area contributed by atoms with E-state index in [2.05, 4.69) is 28.6 Å². The average Bonchev–Trinajstić information content (AvgIpc) is 3.32. The maximum Gasteiger partial charge on any atom is 0.243 e. The number of aromatic nitrogens is 2. The molecule has 4 rings (SSSR count). The summed E-state index contributed by atoms with van der Waals surface area (Å²) in [5, 5.41) is 0. The van der Waals surface area contributed by atoms with E-state index in [4.69, 9.17) is 0 Å². The molecule has 1 unspecified atom stereocenters. The van der Waals surface area contributed by atoms with Gasteiger partial charge >= 0.3 is 0 Å². The molecular formula is C22H25N3O2S.